The van der Waals surface area contributed by atoms with Gasteiger partial charge in [-0.2, -0.15) is 4.31 Å². The minimum absolute atomic E-state index is 0.00973. The van der Waals surface area contributed by atoms with E-state index in [-0.39, 0.29) is 35.1 Å². The molecule has 3 aromatic rings. The van der Waals surface area contributed by atoms with Crippen molar-refractivity contribution >= 4 is 21.6 Å². The molecule has 0 unspecified atom stereocenters. The molecule has 5 atom stereocenters. The van der Waals surface area contributed by atoms with Crippen LogP contribution >= 0.6 is 0 Å². The highest BCUT2D eigenvalue weighted by Crippen LogP contribution is 2.68. The Hall–Kier alpha value is -3.52. The summed E-state index contributed by atoms with van der Waals surface area (Å²) in [7, 11) is -3.81. The first-order valence-electron chi connectivity index (χ1n) is 18.3. The Morgan fingerprint density at radius 2 is 1.68 bits per heavy atom. The molecule has 1 amide bonds. The minimum Gasteiger partial charge on any atom is -0.377 e. The van der Waals surface area contributed by atoms with Gasteiger partial charge >= 0.3 is 0 Å². The van der Waals surface area contributed by atoms with Gasteiger partial charge in [0.1, 0.15) is 0 Å². The Balaban J connectivity index is 1.36. The maximum atomic E-state index is 14.8. The van der Waals surface area contributed by atoms with Gasteiger partial charge in [0.2, 0.25) is 15.9 Å². The Kier molecular flexibility index (Phi) is 10.6. The molecular formula is C43H54N2O4S. The second-order valence-corrected chi connectivity index (χ2v) is 17.3. The number of hydrogen-bond acceptors (Lipinski definition) is 4. The first-order chi connectivity index (χ1) is 23.9. The maximum Gasteiger partial charge on any atom is 0.243 e. The number of nitrogens with one attached hydrogen (secondary N) is 1. The van der Waals surface area contributed by atoms with Crippen molar-refractivity contribution in [2.24, 2.45) is 28.6 Å². The molecular weight excluding hydrogens is 641 g/mol. The molecule has 7 heteroatoms. The van der Waals surface area contributed by atoms with Crippen LogP contribution in [0.1, 0.15) is 75.1 Å². The summed E-state index contributed by atoms with van der Waals surface area (Å²) >= 11 is 0. The highest BCUT2D eigenvalue weighted by molar-refractivity contribution is 7.89. The van der Waals surface area contributed by atoms with Crippen molar-refractivity contribution < 1.29 is 17.9 Å². The van der Waals surface area contributed by atoms with Gasteiger partial charge in [0.05, 0.1) is 11.5 Å². The smallest absolute Gasteiger partial charge is 0.243 e. The van der Waals surface area contributed by atoms with Crippen molar-refractivity contribution in [2.75, 3.05) is 18.5 Å². The molecule has 50 heavy (non-hydrogen) atoms. The number of anilines is 1. The van der Waals surface area contributed by atoms with Crippen LogP contribution in [0, 0.1) is 49.4 Å². The third kappa shape index (κ3) is 6.65. The fourth-order valence-corrected chi connectivity index (χ4v) is 11.0. The van der Waals surface area contributed by atoms with E-state index in [4.69, 9.17) is 4.74 Å². The Morgan fingerprint density at radius 1 is 0.980 bits per heavy atom. The van der Waals surface area contributed by atoms with Gasteiger partial charge in [0.15, 0.2) is 0 Å². The van der Waals surface area contributed by atoms with Crippen LogP contribution in [0.4, 0.5) is 5.69 Å². The monoisotopic (exact) mass is 694 g/mol. The number of rotatable bonds is 13. The SMILES string of the molecule is Cc1ccc(S(=O)(=O)N2C[C@H]3CC=C(CCCC(=O)Nc4c(C)cccc4C)[C@@]4(CCOCc5ccccc5)[C@@H]2[C@@H](C(C)C)C=C[C@@]34C)cc1. The molecule has 3 aromatic carbocycles. The number of amides is 1. The van der Waals surface area contributed by atoms with E-state index in [1.165, 1.54) is 5.57 Å². The number of hydrogen-bond donors (Lipinski definition) is 1. The lowest BCUT2D eigenvalue weighted by atomic mass is 9.42. The maximum absolute atomic E-state index is 14.8. The van der Waals surface area contributed by atoms with Crippen molar-refractivity contribution in [1.82, 2.24) is 4.31 Å². The highest BCUT2D eigenvalue weighted by atomic mass is 32.2. The summed E-state index contributed by atoms with van der Waals surface area (Å²) in [6.07, 6.45) is 10.5. The predicted octanol–water partition coefficient (Wildman–Crippen LogP) is 9.18. The third-order valence-corrected chi connectivity index (χ3v) is 13.9. The Morgan fingerprint density at radius 3 is 2.36 bits per heavy atom. The molecule has 3 aliphatic rings. The number of carbonyl (C=O) groups excluding carboxylic acids is 1. The molecule has 0 aromatic heterocycles. The van der Waals surface area contributed by atoms with Crippen molar-refractivity contribution in [3.05, 3.63) is 119 Å². The van der Waals surface area contributed by atoms with Crippen molar-refractivity contribution in [1.29, 1.82) is 0 Å². The summed E-state index contributed by atoms with van der Waals surface area (Å²) in [5.74, 6) is 0.373. The average Bonchev–Trinajstić information content (AvgIpc) is 3.07. The highest BCUT2D eigenvalue weighted by Gasteiger charge is 2.67. The lowest BCUT2D eigenvalue weighted by Gasteiger charge is -2.68. The van der Waals surface area contributed by atoms with Gasteiger partial charge in [-0.05, 0) is 93.0 Å². The normalized spacial score (nSPS) is 26.1. The largest absolute Gasteiger partial charge is 0.377 e. The second kappa shape index (κ2) is 14.6. The first kappa shape index (κ1) is 36.3. The molecule has 4 bridgehead atoms. The summed E-state index contributed by atoms with van der Waals surface area (Å²) in [5.41, 5.74) is 5.68. The molecule has 0 saturated carbocycles. The van der Waals surface area contributed by atoms with Crippen molar-refractivity contribution in [3.63, 3.8) is 0 Å². The van der Waals surface area contributed by atoms with Gasteiger partial charge in [-0.15, -0.1) is 0 Å². The van der Waals surface area contributed by atoms with Crippen molar-refractivity contribution in [2.45, 2.75) is 91.2 Å². The van der Waals surface area contributed by atoms with E-state index in [0.717, 1.165) is 40.8 Å². The van der Waals surface area contributed by atoms with E-state index >= 15 is 0 Å². The zero-order valence-corrected chi connectivity index (χ0v) is 31.4. The number of ether oxygens (including phenoxy) is 1. The van der Waals surface area contributed by atoms with Crippen LogP contribution in [-0.2, 0) is 26.2 Å². The minimum atomic E-state index is -3.81. The number of carbonyl (C=O) groups is 1. The standard InChI is InChI=1S/C43H54N2O4S/c1-30(2)38-24-25-42(6)36-21-20-35(16-11-17-39(46)44-40-32(4)12-10-13-33(40)5)43(42,26-27-49-29-34-14-8-7-9-15-34)41(38)45(28-36)50(47,48)37-22-18-31(3)19-23-37/h7-10,12-15,18-20,22-25,30,36,38,41H,11,16-17,21,26-29H2,1-6H3,(H,44,46)/t36-,38-,41+,42+,43+/m1/s1. The van der Waals surface area contributed by atoms with E-state index in [1.54, 1.807) is 12.1 Å². The fraction of sp³-hybridized carbons (Fsp3) is 0.465. The third-order valence-electron chi connectivity index (χ3n) is 12.0. The molecule has 1 saturated heterocycles. The number of piperidine rings is 1. The van der Waals surface area contributed by atoms with Gasteiger partial charge < -0.3 is 10.1 Å². The molecule has 0 spiro atoms. The molecule has 2 aliphatic carbocycles. The van der Waals surface area contributed by atoms with Crippen LogP contribution in [0.15, 0.2) is 101 Å². The molecule has 1 fully saturated rings. The fourth-order valence-electron chi connectivity index (χ4n) is 9.23. The number of para-hydroxylation sites is 1. The predicted molar refractivity (Wildman–Crippen MR) is 202 cm³/mol. The lowest BCUT2D eigenvalue weighted by Crippen LogP contribution is -2.71. The van der Waals surface area contributed by atoms with Gasteiger partial charge in [-0.25, -0.2) is 8.42 Å². The first-order valence-corrected chi connectivity index (χ1v) is 19.8. The van der Waals surface area contributed by atoms with E-state index in [1.807, 2.05) is 73.6 Å². The molecule has 6 rings (SSSR count). The Labute approximate surface area is 300 Å². The number of benzene rings is 3. The zero-order chi connectivity index (χ0) is 35.7. The Bertz CT molecular complexity index is 1830. The summed E-state index contributed by atoms with van der Waals surface area (Å²) in [4.78, 5) is 13.7. The van der Waals surface area contributed by atoms with Gasteiger partial charge in [-0.1, -0.05) is 111 Å². The molecule has 6 nitrogen and oxygen atoms in total. The lowest BCUT2D eigenvalue weighted by molar-refractivity contribution is -0.116. The van der Waals surface area contributed by atoms with Gasteiger partial charge in [0, 0.05) is 42.1 Å². The summed E-state index contributed by atoms with van der Waals surface area (Å²) in [6.45, 7) is 14.3. The van der Waals surface area contributed by atoms with Crippen LogP contribution in [0.25, 0.3) is 0 Å². The molecule has 266 valence electrons. The van der Waals surface area contributed by atoms with Crippen LogP contribution < -0.4 is 5.32 Å². The van der Waals surface area contributed by atoms with E-state index < -0.39 is 15.4 Å². The second-order valence-electron chi connectivity index (χ2n) is 15.4. The summed E-state index contributed by atoms with van der Waals surface area (Å²) in [5, 5.41) is 3.17. The molecule has 0 radical (unpaired) electrons. The van der Waals surface area contributed by atoms with Crippen LogP contribution in [0.3, 0.4) is 0 Å². The van der Waals surface area contributed by atoms with Gasteiger partial charge in [0.25, 0.3) is 0 Å². The average molecular weight is 695 g/mol. The quantitative estimate of drug-likeness (QED) is 0.143. The van der Waals surface area contributed by atoms with E-state index in [0.29, 0.717) is 43.9 Å². The van der Waals surface area contributed by atoms with Crippen LogP contribution in [0.5, 0.6) is 0 Å². The number of sulfonamides is 1. The van der Waals surface area contributed by atoms with E-state index in [9.17, 15) is 13.2 Å². The van der Waals surface area contributed by atoms with Crippen LogP contribution in [-0.4, -0.2) is 37.8 Å². The molecule has 1 aliphatic heterocycles. The zero-order valence-electron chi connectivity index (χ0n) is 30.6. The van der Waals surface area contributed by atoms with Crippen LogP contribution in [0.2, 0.25) is 0 Å². The van der Waals surface area contributed by atoms with Gasteiger partial charge in [-0.3, -0.25) is 4.79 Å². The van der Waals surface area contributed by atoms with Crippen molar-refractivity contribution in [3.8, 4) is 0 Å². The molecule has 1 heterocycles. The summed E-state index contributed by atoms with van der Waals surface area (Å²) in [6, 6.07) is 23.3. The number of allylic oxidation sites excluding steroid dienone is 2. The molecule has 1 N–H and O–H groups in total. The number of nitrogens with zero attached hydrogens (tertiary/aromatic N) is 1. The summed E-state index contributed by atoms with van der Waals surface area (Å²) < 4.78 is 37.9. The topological polar surface area (TPSA) is 75.7 Å². The number of aryl methyl sites for hydroxylation is 3. The van der Waals surface area contributed by atoms with E-state index in [2.05, 4.69) is 56.4 Å².